The van der Waals surface area contributed by atoms with Crippen LogP contribution in [0.5, 0.6) is 5.75 Å². The summed E-state index contributed by atoms with van der Waals surface area (Å²) in [5.74, 6) is -0.819. The Morgan fingerprint density at radius 2 is 1.92 bits per heavy atom. The summed E-state index contributed by atoms with van der Waals surface area (Å²) in [4.78, 5) is 6.20. The lowest BCUT2D eigenvalue weighted by Gasteiger charge is -2.42. The van der Waals surface area contributed by atoms with Gasteiger partial charge in [-0.05, 0) is 37.5 Å². The molecule has 12 heteroatoms. The molecule has 3 aromatic rings. The number of likely N-dealkylation sites (tertiary alicyclic amines) is 1. The molecular weight excluding hydrogens is 529 g/mol. The van der Waals surface area contributed by atoms with Gasteiger partial charge in [0, 0.05) is 54.1 Å². The SMILES string of the molecule is C[C@@H]1Cc2c([nH]c3c(F)cccc23)C(c2ccc(NC3CN(CCCF)C3)cc2OC(F)F)N1CC(F)(F)F. The predicted molar refractivity (Wildman–Crippen MR) is 134 cm³/mol. The Kier molecular flexibility index (Phi) is 7.69. The highest BCUT2D eigenvalue weighted by molar-refractivity contribution is 5.86. The van der Waals surface area contributed by atoms with Gasteiger partial charge in [0.05, 0.1) is 30.8 Å². The fourth-order valence-corrected chi connectivity index (χ4v) is 5.74. The van der Waals surface area contributed by atoms with Crippen molar-refractivity contribution < 1.29 is 35.5 Å². The highest BCUT2D eigenvalue weighted by Gasteiger charge is 2.43. The van der Waals surface area contributed by atoms with E-state index in [9.17, 15) is 30.7 Å². The van der Waals surface area contributed by atoms with Crippen molar-refractivity contribution in [1.82, 2.24) is 14.8 Å². The maximum absolute atomic E-state index is 14.6. The Bertz CT molecular complexity index is 1310. The number of aromatic amines is 1. The molecule has 2 aliphatic rings. The van der Waals surface area contributed by atoms with Crippen LogP contribution in [0.25, 0.3) is 10.9 Å². The minimum absolute atomic E-state index is 0.00887. The Morgan fingerprint density at radius 1 is 1.15 bits per heavy atom. The second-order valence-corrected chi connectivity index (χ2v) is 10.2. The summed E-state index contributed by atoms with van der Waals surface area (Å²) in [7, 11) is 0. The lowest BCUT2D eigenvalue weighted by Crippen LogP contribution is -2.54. The molecule has 1 unspecified atom stereocenters. The van der Waals surface area contributed by atoms with Gasteiger partial charge in [0.15, 0.2) is 0 Å². The van der Waals surface area contributed by atoms with E-state index in [4.69, 9.17) is 4.74 Å². The molecule has 5 rings (SSSR count). The average Bonchev–Trinajstić information content (AvgIpc) is 3.20. The number of benzene rings is 2. The molecule has 1 fully saturated rings. The quantitative estimate of drug-likeness (QED) is 0.304. The van der Waals surface area contributed by atoms with Crippen LogP contribution in [-0.4, -0.2) is 72.5 Å². The number of H-pyrrole nitrogens is 1. The third-order valence-corrected chi connectivity index (χ3v) is 7.42. The van der Waals surface area contributed by atoms with E-state index in [1.54, 1.807) is 19.1 Å². The molecule has 0 aliphatic carbocycles. The Labute approximate surface area is 220 Å². The van der Waals surface area contributed by atoms with Crippen molar-refractivity contribution >= 4 is 16.6 Å². The van der Waals surface area contributed by atoms with Gasteiger partial charge in [-0.1, -0.05) is 18.2 Å². The molecule has 5 nitrogen and oxygen atoms in total. The number of hydrogen-bond acceptors (Lipinski definition) is 4. The minimum atomic E-state index is -4.56. The van der Waals surface area contributed by atoms with Crippen LogP contribution in [0.3, 0.4) is 0 Å². The highest BCUT2D eigenvalue weighted by atomic mass is 19.4. The van der Waals surface area contributed by atoms with Gasteiger partial charge in [0.1, 0.15) is 11.6 Å². The number of anilines is 1. The summed E-state index contributed by atoms with van der Waals surface area (Å²) in [5.41, 5.74) is 1.71. The number of para-hydroxylation sites is 1. The van der Waals surface area contributed by atoms with Crippen LogP contribution < -0.4 is 10.1 Å². The summed E-state index contributed by atoms with van der Waals surface area (Å²) in [5, 5.41) is 3.77. The first-order valence-electron chi connectivity index (χ1n) is 12.8. The Morgan fingerprint density at radius 3 is 2.62 bits per heavy atom. The number of rotatable bonds is 9. The van der Waals surface area contributed by atoms with Gasteiger partial charge in [-0.25, -0.2) is 4.39 Å². The smallest absolute Gasteiger partial charge is 0.401 e. The first kappa shape index (κ1) is 27.6. The number of nitrogens with zero attached hydrogens (tertiary/aromatic N) is 2. The van der Waals surface area contributed by atoms with Crippen molar-refractivity contribution in [1.29, 1.82) is 0 Å². The van der Waals surface area contributed by atoms with Gasteiger partial charge < -0.3 is 15.0 Å². The van der Waals surface area contributed by atoms with Gasteiger partial charge in [0.25, 0.3) is 0 Å². The van der Waals surface area contributed by atoms with Crippen LogP contribution in [0.1, 0.15) is 36.2 Å². The molecule has 2 atom stereocenters. The van der Waals surface area contributed by atoms with Gasteiger partial charge in [-0.15, -0.1) is 0 Å². The van der Waals surface area contributed by atoms with Crippen molar-refractivity contribution in [2.24, 2.45) is 0 Å². The van der Waals surface area contributed by atoms with E-state index in [1.807, 2.05) is 0 Å². The predicted octanol–water partition coefficient (Wildman–Crippen LogP) is 6.26. The van der Waals surface area contributed by atoms with Crippen LogP contribution in [0.4, 0.5) is 36.4 Å². The zero-order chi connectivity index (χ0) is 27.9. The fourth-order valence-electron chi connectivity index (χ4n) is 5.74. The van der Waals surface area contributed by atoms with Crippen LogP contribution in [0.2, 0.25) is 0 Å². The zero-order valence-corrected chi connectivity index (χ0v) is 21.2. The van der Waals surface area contributed by atoms with Gasteiger partial charge in [-0.2, -0.15) is 22.0 Å². The maximum Gasteiger partial charge on any atom is 0.401 e. The molecule has 1 aromatic heterocycles. The number of fused-ring (bicyclic) bond motifs is 3. The minimum Gasteiger partial charge on any atom is -0.434 e. The summed E-state index contributed by atoms with van der Waals surface area (Å²) < 4.78 is 100. The molecule has 0 spiro atoms. The number of aromatic nitrogens is 1. The molecule has 0 saturated carbocycles. The van der Waals surface area contributed by atoms with E-state index in [0.29, 0.717) is 48.4 Å². The van der Waals surface area contributed by atoms with E-state index < -0.39 is 43.9 Å². The van der Waals surface area contributed by atoms with Crippen molar-refractivity contribution in [3.8, 4) is 5.75 Å². The van der Waals surface area contributed by atoms with Gasteiger partial charge in [-0.3, -0.25) is 14.2 Å². The fraction of sp³-hybridized carbons (Fsp3) is 0.481. The van der Waals surface area contributed by atoms with Crippen LogP contribution in [-0.2, 0) is 6.42 Å². The molecule has 0 amide bonds. The molecule has 2 aliphatic heterocycles. The molecule has 212 valence electrons. The normalized spacial score (nSPS) is 20.8. The van der Waals surface area contributed by atoms with Crippen LogP contribution >= 0.6 is 0 Å². The molecule has 0 bridgehead atoms. The molecular formula is C27H29F7N4O. The van der Waals surface area contributed by atoms with Crippen LogP contribution in [0.15, 0.2) is 36.4 Å². The highest BCUT2D eigenvalue weighted by Crippen LogP contribution is 2.45. The third kappa shape index (κ3) is 5.81. The second kappa shape index (κ2) is 10.9. The molecule has 2 aromatic carbocycles. The molecule has 39 heavy (non-hydrogen) atoms. The first-order chi connectivity index (χ1) is 18.5. The number of nitrogens with one attached hydrogen (secondary N) is 2. The van der Waals surface area contributed by atoms with E-state index in [-0.39, 0.29) is 29.3 Å². The largest absolute Gasteiger partial charge is 0.434 e. The lowest BCUT2D eigenvalue weighted by molar-refractivity contribution is -0.155. The standard InChI is InChI=1S/C27H29F7N4O/c1-15-10-20-18-4-2-5-21(29)23(18)36-24(20)25(38(15)14-27(32,33)34)19-7-6-16(11-22(19)39-26(30)31)35-17-12-37(13-17)9-3-8-28/h2,4-7,11,15,17,25-26,35-36H,3,8-10,12-14H2,1H3/t15-,25?/m1/s1. The number of alkyl halides is 6. The van der Waals surface area contributed by atoms with Crippen molar-refractivity contribution in [3.63, 3.8) is 0 Å². The zero-order valence-electron chi connectivity index (χ0n) is 21.2. The van der Waals surface area contributed by atoms with Crippen molar-refractivity contribution in [2.75, 3.05) is 38.2 Å². The monoisotopic (exact) mass is 558 g/mol. The molecule has 1 saturated heterocycles. The topological polar surface area (TPSA) is 43.5 Å². The molecule has 3 heterocycles. The summed E-state index contributed by atoms with van der Waals surface area (Å²) >= 11 is 0. The number of halogens is 7. The van der Waals surface area contributed by atoms with E-state index in [1.165, 1.54) is 29.2 Å². The summed E-state index contributed by atoms with van der Waals surface area (Å²) in [6.07, 6.45) is -3.91. The van der Waals surface area contributed by atoms with E-state index in [2.05, 4.69) is 15.2 Å². The lowest BCUT2D eigenvalue weighted by atomic mass is 9.88. The van der Waals surface area contributed by atoms with Crippen molar-refractivity contribution in [2.45, 2.75) is 50.7 Å². The maximum atomic E-state index is 14.6. The Hall–Kier alpha value is -2.99. The first-order valence-corrected chi connectivity index (χ1v) is 12.8. The summed E-state index contributed by atoms with van der Waals surface area (Å²) in [6.45, 7) is -1.35. The number of hydrogen-bond donors (Lipinski definition) is 2. The third-order valence-electron chi connectivity index (χ3n) is 7.42. The van der Waals surface area contributed by atoms with Crippen LogP contribution in [0, 0.1) is 5.82 Å². The number of ether oxygens (including phenoxy) is 1. The Balaban J connectivity index is 1.54. The molecule has 0 radical (unpaired) electrons. The van der Waals surface area contributed by atoms with Gasteiger partial charge >= 0.3 is 12.8 Å². The second-order valence-electron chi connectivity index (χ2n) is 10.2. The van der Waals surface area contributed by atoms with E-state index in [0.717, 1.165) is 0 Å². The average molecular weight is 559 g/mol. The summed E-state index contributed by atoms with van der Waals surface area (Å²) in [6, 6.07) is 7.17. The van der Waals surface area contributed by atoms with Gasteiger partial charge in [0.2, 0.25) is 0 Å². The van der Waals surface area contributed by atoms with Crippen molar-refractivity contribution in [3.05, 3.63) is 59.0 Å². The van der Waals surface area contributed by atoms with E-state index >= 15 is 0 Å². The molecule has 2 N–H and O–H groups in total.